The maximum atomic E-state index is 12.3. The molecule has 1 aromatic rings. The Morgan fingerprint density at radius 1 is 1.53 bits per heavy atom. The topological polar surface area (TPSA) is 38.3 Å². The number of rotatable bonds is 5. The molecular weight excluding hydrogens is 411 g/mol. The number of benzene rings is 1. The molecule has 0 spiro atoms. The van der Waals surface area contributed by atoms with Crippen LogP contribution in [0.2, 0.25) is 5.02 Å². The molecule has 1 unspecified atom stereocenters. The molecule has 3 nitrogen and oxygen atoms in total. The number of halogens is 5. The van der Waals surface area contributed by atoms with Crippen molar-refractivity contribution in [3.05, 3.63) is 21.6 Å². The fourth-order valence-corrected chi connectivity index (χ4v) is 2.28. The predicted molar refractivity (Wildman–Crippen MR) is 77.4 cm³/mol. The molecule has 0 saturated carbocycles. The van der Waals surface area contributed by atoms with Gasteiger partial charge in [-0.25, -0.2) is 0 Å². The highest BCUT2D eigenvalue weighted by Crippen LogP contribution is 2.37. The molecule has 0 heterocycles. The normalized spacial score (nSPS) is 12.4. The summed E-state index contributed by atoms with van der Waals surface area (Å²) in [5, 5.41) is 2.77. The van der Waals surface area contributed by atoms with E-state index in [4.69, 9.17) is 11.6 Å². The number of anilines is 1. The molecule has 0 aromatic heterocycles. The minimum Gasteiger partial charge on any atom is -0.431 e. The van der Waals surface area contributed by atoms with Gasteiger partial charge in [0.25, 0.3) is 0 Å². The van der Waals surface area contributed by atoms with Crippen LogP contribution in [-0.4, -0.2) is 17.3 Å². The van der Waals surface area contributed by atoms with Crippen molar-refractivity contribution in [1.29, 1.82) is 0 Å². The van der Waals surface area contributed by atoms with Crippen molar-refractivity contribution in [3.63, 3.8) is 0 Å². The van der Waals surface area contributed by atoms with Crippen molar-refractivity contribution in [1.82, 2.24) is 0 Å². The van der Waals surface area contributed by atoms with Crippen LogP contribution >= 0.6 is 43.5 Å². The predicted octanol–water partition coefficient (Wildman–Crippen LogP) is 4.82. The zero-order valence-electron chi connectivity index (χ0n) is 9.72. The summed E-state index contributed by atoms with van der Waals surface area (Å²) >= 11 is 12.1. The van der Waals surface area contributed by atoms with Gasteiger partial charge in [0.15, 0.2) is 5.75 Å². The van der Waals surface area contributed by atoms with E-state index >= 15 is 0 Å². The number of hydrogen-bond acceptors (Lipinski definition) is 2. The fraction of sp³-hybridized carbons (Fsp3) is 0.364. The molecule has 1 rings (SSSR count). The second-order valence-electron chi connectivity index (χ2n) is 3.51. The lowest BCUT2D eigenvalue weighted by Crippen LogP contribution is -2.22. The maximum absolute atomic E-state index is 12.3. The van der Waals surface area contributed by atoms with Gasteiger partial charge >= 0.3 is 6.61 Å². The van der Waals surface area contributed by atoms with Gasteiger partial charge in [0.2, 0.25) is 5.91 Å². The monoisotopic (exact) mass is 419 g/mol. The molecule has 0 aliphatic heterocycles. The third kappa shape index (κ3) is 4.89. The van der Waals surface area contributed by atoms with Crippen LogP contribution in [0.5, 0.6) is 5.75 Å². The van der Waals surface area contributed by atoms with Gasteiger partial charge in [-0.2, -0.15) is 8.78 Å². The lowest BCUT2D eigenvalue weighted by molar-refractivity contribution is -0.115. The lowest BCUT2D eigenvalue weighted by atomic mass is 10.2. The number of carbonyl (C=O) groups is 1. The molecule has 0 saturated heterocycles. The molecule has 0 aliphatic carbocycles. The highest BCUT2D eigenvalue weighted by Gasteiger charge is 2.19. The van der Waals surface area contributed by atoms with E-state index < -0.39 is 11.4 Å². The first-order valence-electron chi connectivity index (χ1n) is 5.24. The third-order valence-electron chi connectivity index (χ3n) is 2.12. The van der Waals surface area contributed by atoms with E-state index in [1.54, 1.807) is 0 Å². The Labute approximate surface area is 130 Å². The summed E-state index contributed by atoms with van der Waals surface area (Å²) in [6, 6.07) is 2.75. The molecule has 1 amide bonds. The van der Waals surface area contributed by atoms with Crippen LogP contribution in [-0.2, 0) is 4.79 Å². The number of hydrogen-bond donors (Lipinski definition) is 1. The van der Waals surface area contributed by atoms with E-state index in [-0.39, 0.29) is 26.8 Å². The second-order valence-corrected chi connectivity index (χ2v) is 5.90. The Hall–Kier alpha value is -0.400. The molecule has 8 heteroatoms. The molecule has 1 aromatic carbocycles. The zero-order chi connectivity index (χ0) is 14.6. The van der Waals surface area contributed by atoms with E-state index in [1.807, 2.05) is 6.92 Å². The highest BCUT2D eigenvalue weighted by molar-refractivity contribution is 9.10. The van der Waals surface area contributed by atoms with Crippen molar-refractivity contribution < 1.29 is 18.3 Å². The summed E-state index contributed by atoms with van der Waals surface area (Å²) in [6.07, 6.45) is 0.554. The van der Waals surface area contributed by atoms with Crippen molar-refractivity contribution in [2.24, 2.45) is 0 Å². The molecular formula is C11H10Br2ClF2NO2. The summed E-state index contributed by atoms with van der Waals surface area (Å²) < 4.78 is 29.3. The minimum atomic E-state index is -3.00. The molecule has 19 heavy (non-hydrogen) atoms. The SMILES string of the molecule is CCC(Br)C(=O)Nc1cc(Cl)cc(Br)c1OC(F)F. The Kier molecular flexibility index (Phi) is 6.49. The van der Waals surface area contributed by atoms with Crippen LogP contribution in [0.4, 0.5) is 14.5 Å². The summed E-state index contributed by atoms with van der Waals surface area (Å²) in [5.41, 5.74) is 0.0857. The molecule has 0 fully saturated rings. The van der Waals surface area contributed by atoms with Gasteiger partial charge in [0.1, 0.15) is 0 Å². The van der Waals surface area contributed by atoms with Crippen LogP contribution in [0.3, 0.4) is 0 Å². The van der Waals surface area contributed by atoms with Crippen molar-refractivity contribution >= 4 is 55.1 Å². The van der Waals surface area contributed by atoms with Gasteiger partial charge in [-0.05, 0) is 34.5 Å². The van der Waals surface area contributed by atoms with Crippen molar-refractivity contribution in [2.75, 3.05) is 5.32 Å². The van der Waals surface area contributed by atoms with Crippen molar-refractivity contribution in [3.8, 4) is 5.75 Å². The average molecular weight is 421 g/mol. The quantitative estimate of drug-likeness (QED) is 0.693. The number of nitrogens with one attached hydrogen (secondary N) is 1. The van der Waals surface area contributed by atoms with Gasteiger partial charge < -0.3 is 10.1 Å². The Bertz CT molecular complexity index is 474. The maximum Gasteiger partial charge on any atom is 0.387 e. The van der Waals surface area contributed by atoms with E-state index in [9.17, 15) is 13.6 Å². The standard InChI is InChI=1S/C11H10Br2ClF2NO2/c1-2-6(12)10(18)17-8-4-5(14)3-7(13)9(8)19-11(15)16/h3-4,6,11H,2H2,1H3,(H,17,18). The highest BCUT2D eigenvalue weighted by atomic mass is 79.9. The minimum absolute atomic E-state index is 0.0857. The molecule has 0 radical (unpaired) electrons. The molecule has 0 bridgehead atoms. The zero-order valence-corrected chi connectivity index (χ0v) is 13.7. The van der Waals surface area contributed by atoms with Gasteiger partial charge in [0.05, 0.1) is 15.0 Å². The molecule has 1 atom stereocenters. The van der Waals surface area contributed by atoms with Crippen LogP contribution < -0.4 is 10.1 Å². The lowest BCUT2D eigenvalue weighted by Gasteiger charge is -2.15. The molecule has 0 aliphatic rings. The average Bonchev–Trinajstić information content (AvgIpc) is 2.32. The summed E-state index contributed by atoms with van der Waals surface area (Å²) in [5.74, 6) is -0.528. The van der Waals surface area contributed by atoms with Crippen LogP contribution in [0.25, 0.3) is 0 Å². The molecule has 1 N–H and O–H groups in total. The number of carbonyl (C=O) groups excluding carboxylic acids is 1. The van der Waals surface area contributed by atoms with Gasteiger partial charge in [0, 0.05) is 5.02 Å². The third-order valence-corrected chi connectivity index (χ3v) is 3.99. The van der Waals surface area contributed by atoms with E-state index in [0.717, 1.165) is 0 Å². The first kappa shape index (κ1) is 16.7. The summed E-state index contributed by atoms with van der Waals surface area (Å²) in [7, 11) is 0. The Balaban J connectivity index is 3.07. The first-order valence-corrected chi connectivity index (χ1v) is 7.32. The summed E-state index contributed by atoms with van der Waals surface area (Å²) in [4.78, 5) is 11.3. The summed E-state index contributed by atoms with van der Waals surface area (Å²) in [6.45, 7) is -1.19. The van der Waals surface area contributed by atoms with E-state index in [1.165, 1.54) is 12.1 Å². The van der Waals surface area contributed by atoms with Crippen molar-refractivity contribution in [2.45, 2.75) is 24.8 Å². The number of ether oxygens (including phenoxy) is 1. The van der Waals surface area contributed by atoms with Crippen LogP contribution in [0.15, 0.2) is 16.6 Å². The van der Waals surface area contributed by atoms with Gasteiger partial charge in [-0.3, -0.25) is 4.79 Å². The first-order chi connectivity index (χ1) is 8.85. The Morgan fingerprint density at radius 3 is 2.68 bits per heavy atom. The van der Waals surface area contributed by atoms with E-state index in [0.29, 0.717) is 6.42 Å². The van der Waals surface area contributed by atoms with Gasteiger partial charge in [-0.1, -0.05) is 34.5 Å². The number of amides is 1. The Morgan fingerprint density at radius 2 is 2.16 bits per heavy atom. The smallest absolute Gasteiger partial charge is 0.387 e. The van der Waals surface area contributed by atoms with Crippen LogP contribution in [0, 0.1) is 0 Å². The molecule has 106 valence electrons. The van der Waals surface area contributed by atoms with E-state index in [2.05, 4.69) is 41.9 Å². The second kappa shape index (κ2) is 7.40. The van der Waals surface area contributed by atoms with Crippen LogP contribution in [0.1, 0.15) is 13.3 Å². The number of alkyl halides is 3. The van der Waals surface area contributed by atoms with Gasteiger partial charge in [-0.15, -0.1) is 0 Å². The largest absolute Gasteiger partial charge is 0.431 e. The fourth-order valence-electron chi connectivity index (χ4n) is 1.26.